The Hall–Kier alpha value is -1.18. The first-order valence-corrected chi connectivity index (χ1v) is 5.77. The van der Waals surface area contributed by atoms with E-state index in [0.717, 1.165) is 17.8 Å². The summed E-state index contributed by atoms with van der Waals surface area (Å²) in [5.41, 5.74) is 1.93. The normalized spacial score (nSPS) is 10.3. The molecule has 2 nitrogen and oxygen atoms in total. The van der Waals surface area contributed by atoms with E-state index in [9.17, 15) is 5.11 Å². The molecule has 15 heavy (non-hydrogen) atoms. The summed E-state index contributed by atoms with van der Waals surface area (Å²) < 4.78 is 0. The van der Waals surface area contributed by atoms with Gasteiger partial charge in [0.05, 0.1) is 0 Å². The minimum Gasteiger partial charge on any atom is -0.508 e. The first kappa shape index (κ1) is 11.9. The number of unbranched alkanes of at least 4 members (excludes halogenated alkanes) is 3. The van der Waals surface area contributed by atoms with E-state index in [-0.39, 0.29) is 0 Å². The molecule has 0 aliphatic carbocycles. The molecule has 0 bridgehead atoms. The minimum atomic E-state index is 0.369. The Kier molecular flexibility index (Phi) is 5.02. The summed E-state index contributed by atoms with van der Waals surface area (Å²) in [5, 5.41) is 12.8. The van der Waals surface area contributed by atoms with Crippen LogP contribution >= 0.6 is 0 Å². The second-order valence-corrected chi connectivity index (χ2v) is 3.99. The molecule has 1 aromatic rings. The molecular formula is C13H21NO. The fourth-order valence-electron chi connectivity index (χ4n) is 1.50. The highest BCUT2D eigenvalue weighted by Crippen LogP contribution is 2.20. The molecule has 0 heterocycles. The number of hydrogen-bond acceptors (Lipinski definition) is 2. The van der Waals surface area contributed by atoms with E-state index in [1.54, 1.807) is 6.07 Å². The number of nitrogens with one attached hydrogen (secondary N) is 1. The average molecular weight is 207 g/mol. The number of anilines is 1. The Labute approximate surface area is 92.3 Å². The molecule has 2 N–H and O–H groups in total. The van der Waals surface area contributed by atoms with E-state index in [0.29, 0.717) is 5.75 Å². The standard InChI is InChI=1S/C13H21NO/c1-3-4-5-6-9-14-12-8-7-11(2)13(15)10-12/h7-8,10,14-15H,3-6,9H2,1-2H3. The first-order chi connectivity index (χ1) is 7.24. The average Bonchev–Trinajstić information content (AvgIpc) is 2.23. The lowest BCUT2D eigenvalue weighted by Crippen LogP contribution is -2.01. The Morgan fingerprint density at radius 3 is 2.67 bits per heavy atom. The molecule has 0 unspecified atom stereocenters. The van der Waals surface area contributed by atoms with Crippen molar-refractivity contribution < 1.29 is 5.11 Å². The fraction of sp³-hybridized carbons (Fsp3) is 0.538. The third-order valence-electron chi connectivity index (χ3n) is 2.57. The molecule has 2 heteroatoms. The molecule has 0 spiro atoms. The highest BCUT2D eigenvalue weighted by molar-refractivity contribution is 5.50. The number of aryl methyl sites for hydroxylation is 1. The van der Waals surface area contributed by atoms with Gasteiger partial charge in [-0.15, -0.1) is 0 Å². The van der Waals surface area contributed by atoms with Crippen molar-refractivity contribution in [2.45, 2.75) is 39.5 Å². The molecule has 0 fully saturated rings. The van der Waals surface area contributed by atoms with Crippen LogP contribution < -0.4 is 5.32 Å². The van der Waals surface area contributed by atoms with Crippen molar-refractivity contribution in [2.75, 3.05) is 11.9 Å². The molecule has 0 amide bonds. The van der Waals surface area contributed by atoms with Crippen LogP contribution in [0.15, 0.2) is 18.2 Å². The topological polar surface area (TPSA) is 32.3 Å². The van der Waals surface area contributed by atoms with Crippen molar-refractivity contribution in [3.8, 4) is 5.75 Å². The zero-order valence-electron chi connectivity index (χ0n) is 9.71. The van der Waals surface area contributed by atoms with Gasteiger partial charge in [-0.05, 0) is 25.0 Å². The quantitative estimate of drug-likeness (QED) is 0.697. The van der Waals surface area contributed by atoms with Gasteiger partial charge < -0.3 is 10.4 Å². The zero-order valence-corrected chi connectivity index (χ0v) is 9.71. The van der Waals surface area contributed by atoms with Gasteiger partial charge in [-0.3, -0.25) is 0 Å². The molecule has 0 radical (unpaired) electrons. The van der Waals surface area contributed by atoms with Crippen molar-refractivity contribution in [1.29, 1.82) is 0 Å². The van der Waals surface area contributed by atoms with Gasteiger partial charge in [-0.1, -0.05) is 32.3 Å². The van der Waals surface area contributed by atoms with Crippen LogP contribution in [0.4, 0.5) is 5.69 Å². The highest BCUT2D eigenvalue weighted by atomic mass is 16.3. The summed E-state index contributed by atoms with van der Waals surface area (Å²) in [7, 11) is 0. The van der Waals surface area contributed by atoms with Crippen LogP contribution in [0.2, 0.25) is 0 Å². The summed E-state index contributed by atoms with van der Waals surface area (Å²) in [6, 6.07) is 5.73. The van der Waals surface area contributed by atoms with Gasteiger partial charge in [-0.2, -0.15) is 0 Å². The van der Waals surface area contributed by atoms with Gasteiger partial charge in [0.2, 0.25) is 0 Å². The number of benzene rings is 1. The second kappa shape index (κ2) is 6.33. The SMILES string of the molecule is CCCCCCNc1ccc(C)c(O)c1. The molecule has 0 aliphatic heterocycles. The molecule has 0 aliphatic rings. The van der Waals surface area contributed by atoms with Crippen LogP contribution in [0.3, 0.4) is 0 Å². The predicted octanol–water partition coefficient (Wildman–Crippen LogP) is 3.69. The predicted molar refractivity (Wildman–Crippen MR) is 65.5 cm³/mol. The number of aromatic hydroxyl groups is 1. The highest BCUT2D eigenvalue weighted by Gasteiger charge is 1.97. The van der Waals surface area contributed by atoms with Crippen LogP contribution in [0.1, 0.15) is 38.2 Å². The zero-order chi connectivity index (χ0) is 11.1. The third-order valence-corrected chi connectivity index (χ3v) is 2.57. The van der Waals surface area contributed by atoms with Gasteiger partial charge >= 0.3 is 0 Å². The molecule has 84 valence electrons. The van der Waals surface area contributed by atoms with E-state index in [1.807, 2.05) is 19.1 Å². The van der Waals surface area contributed by atoms with Crippen molar-refractivity contribution in [1.82, 2.24) is 0 Å². The minimum absolute atomic E-state index is 0.369. The maximum absolute atomic E-state index is 9.50. The summed E-state index contributed by atoms with van der Waals surface area (Å²) in [5.74, 6) is 0.369. The van der Waals surface area contributed by atoms with Gasteiger partial charge in [-0.25, -0.2) is 0 Å². The van der Waals surface area contributed by atoms with E-state index in [4.69, 9.17) is 0 Å². The Balaban J connectivity index is 2.28. The molecular weight excluding hydrogens is 186 g/mol. The Bertz CT molecular complexity index is 297. The Morgan fingerprint density at radius 2 is 2.00 bits per heavy atom. The number of rotatable bonds is 6. The van der Waals surface area contributed by atoms with Crippen LogP contribution in [0.5, 0.6) is 5.75 Å². The largest absolute Gasteiger partial charge is 0.508 e. The molecule has 1 rings (SSSR count). The van der Waals surface area contributed by atoms with Crippen molar-refractivity contribution in [2.24, 2.45) is 0 Å². The number of hydrogen-bond donors (Lipinski definition) is 2. The smallest absolute Gasteiger partial charge is 0.120 e. The lowest BCUT2D eigenvalue weighted by molar-refractivity contribution is 0.471. The maximum atomic E-state index is 9.50. The molecule has 0 aromatic heterocycles. The van der Waals surface area contributed by atoms with E-state index < -0.39 is 0 Å². The summed E-state index contributed by atoms with van der Waals surface area (Å²) >= 11 is 0. The summed E-state index contributed by atoms with van der Waals surface area (Å²) in [4.78, 5) is 0. The van der Waals surface area contributed by atoms with Crippen molar-refractivity contribution in [3.63, 3.8) is 0 Å². The van der Waals surface area contributed by atoms with E-state index in [1.165, 1.54) is 25.7 Å². The van der Waals surface area contributed by atoms with Gasteiger partial charge in [0.25, 0.3) is 0 Å². The first-order valence-electron chi connectivity index (χ1n) is 5.77. The number of phenols is 1. The fourth-order valence-corrected chi connectivity index (χ4v) is 1.50. The van der Waals surface area contributed by atoms with Crippen LogP contribution in [-0.2, 0) is 0 Å². The van der Waals surface area contributed by atoms with Gasteiger partial charge in [0.1, 0.15) is 5.75 Å². The van der Waals surface area contributed by atoms with E-state index >= 15 is 0 Å². The van der Waals surface area contributed by atoms with Gasteiger partial charge in [0.15, 0.2) is 0 Å². The summed E-state index contributed by atoms with van der Waals surface area (Å²) in [6.07, 6.45) is 5.05. The lowest BCUT2D eigenvalue weighted by Gasteiger charge is -2.07. The summed E-state index contributed by atoms with van der Waals surface area (Å²) in [6.45, 7) is 5.11. The van der Waals surface area contributed by atoms with Gasteiger partial charge in [0, 0.05) is 18.3 Å². The molecule has 0 atom stereocenters. The van der Waals surface area contributed by atoms with E-state index in [2.05, 4.69) is 12.2 Å². The third kappa shape index (κ3) is 4.24. The Morgan fingerprint density at radius 1 is 1.20 bits per heavy atom. The molecule has 1 aromatic carbocycles. The number of phenolic OH excluding ortho intramolecular Hbond substituents is 1. The van der Waals surface area contributed by atoms with Crippen LogP contribution in [0.25, 0.3) is 0 Å². The lowest BCUT2D eigenvalue weighted by atomic mass is 10.2. The monoisotopic (exact) mass is 207 g/mol. The maximum Gasteiger partial charge on any atom is 0.120 e. The van der Waals surface area contributed by atoms with Crippen LogP contribution in [0, 0.1) is 6.92 Å². The van der Waals surface area contributed by atoms with Crippen LogP contribution in [-0.4, -0.2) is 11.7 Å². The van der Waals surface area contributed by atoms with Crippen molar-refractivity contribution in [3.05, 3.63) is 23.8 Å². The van der Waals surface area contributed by atoms with Crippen molar-refractivity contribution >= 4 is 5.69 Å². The molecule has 0 saturated carbocycles. The second-order valence-electron chi connectivity index (χ2n) is 3.99. The molecule has 0 saturated heterocycles.